The SMILES string of the molecule is CCCCNc1nc2c(C)cccc2s1. The van der Waals surface area contributed by atoms with Gasteiger partial charge in [0.25, 0.3) is 0 Å². The van der Waals surface area contributed by atoms with Crippen molar-refractivity contribution in [2.75, 3.05) is 11.9 Å². The summed E-state index contributed by atoms with van der Waals surface area (Å²) in [5.41, 5.74) is 2.40. The molecule has 0 aliphatic carbocycles. The Hall–Kier alpha value is -1.09. The van der Waals surface area contributed by atoms with E-state index in [1.54, 1.807) is 11.3 Å². The van der Waals surface area contributed by atoms with Crippen LogP contribution in [0, 0.1) is 6.92 Å². The molecule has 2 rings (SSSR count). The van der Waals surface area contributed by atoms with E-state index in [4.69, 9.17) is 0 Å². The number of thiazole rings is 1. The highest BCUT2D eigenvalue weighted by molar-refractivity contribution is 7.22. The van der Waals surface area contributed by atoms with Gasteiger partial charge in [-0.1, -0.05) is 36.8 Å². The Morgan fingerprint density at radius 1 is 1.40 bits per heavy atom. The fraction of sp³-hybridized carbons (Fsp3) is 0.417. The van der Waals surface area contributed by atoms with Gasteiger partial charge < -0.3 is 5.32 Å². The number of hydrogen-bond acceptors (Lipinski definition) is 3. The van der Waals surface area contributed by atoms with E-state index in [9.17, 15) is 0 Å². The van der Waals surface area contributed by atoms with Gasteiger partial charge in [-0.05, 0) is 25.0 Å². The average Bonchev–Trinajstić information content (AvgIpc) is 2.63. The van der Waals surface area contributed by atoms with Gasteiger partial charge in [-0.15, -0.1) is 0 Å². The Kier molecular flexibility index (Phi) is 3.21. The molecule has 0 fully saturated rings. The summed E-state index contributed by atoms with van der Waals surface area (Å²) in [5.74, 6) is 0. The number of nitrogens with one attached hydrogen (secondary N) is 1. The van der Waals surface area contributed by atoms with Crippen LogP contribution in [0.4, 0.5) is 5.13 Å². The number of para-hydroxylation sites is 1. The molecule has 0 aliphatic heterocycles. The van der Waals surface area contributed by atoms with Crippen molar-refractivity contribution in [2.45, 2.75) is 26.7 Å². The van der Waals surface area contributed by atoms with E-state index < -0.39 is 0 Å². The van der Waals surface area contributed by atoms with Gasteiger partial charge in [-0.2, -0.15) is 0 Å². The van der Waals surface area contributed by atoms with Crippen LogP contribution >= 0.6 is 11.3 Å². The lowest BCUT2D eigenvalue weighted by Crippen LogP contribution is -1.99. The van der Waals surface area contributed by atoms with E-state index in [0.717, 1.165) is 17.2 Å². The standard InChI is InChI=1S/C12H16N2S/c1-3-4-8-13-12-14-11-9(2)6-5-7-10(11)15-12/h5-7H,3-4,8H2,1-2H3,(H,13,14). The molecule has 0 bridgehead atoms. The Balaban J connectivity index is 2.20. The molecule has 0 unspecified atom stereocenters. The number of nitrogens with zero attached hydrogens (tertiary/aromatic N) is 1. The van der Waals surface area contributed by atoms with Crippen molar-refractivity contribution in [1.29, 1.82) is 0 Å². The highest BCUT2D eigenvalue weighted by Gasteiger charge is 2.04. The summed E-state index contributed by atoms with van der Waals surface area (Å²) in [6, 6.07) is 6.33. The zero-order valence-electron chi connectivity index (χ0n) is 9.21. The van der Waals surface area contributed by atoms with Crippen molar-refractivity contribution < 1.29 is 0 Å². The molecule has 3 heteroatoms. The number of hydrogen-bond donors (Lipinski definition) is 1. The first-order valence-electron chi connectivity index (χ1n) is 5.41. The Labute approximate surface area is 94.3 Å². The lowest BCUT2D eigenvalue weighted by atomic mass is 10.2. The second-order valence-corrected chi connectivity index (χ2v) is 4.75. The van der Waals surface area contributed by atoms with E-state index in [1.807, 2.05) is 0 Å². The summed E-state index contributed by atoms with van der Waals surface area (Å²) in [5, 5.41) is 4.42. The topological polar surface area (TPSA) is 24.9 Å². The van der Waals surface area contributed by atoms with Crippen molar-refractivity contribution in [3.8, 4) is 0 Å². The first-order chi connectivity index (χ1) is 7.31. The zero-order valence-corrected chi connectivity index (χ0v) is 10.0. The van der Waals surface area contributed by atoms with Crippen molar-refractivity contribution >= 4 is 26.7 Å². The van der Waals surface area contributed by atoms with Gasteiger partial charge in [0, 0.05) is 6.54 Å². The summed E-state index contributed by atoms with van der Waals surface area (Å²) < 4.78 is 1.27. The Morgan fingerprint density at radius 3 is 3.00 bits per heavy atom. The lowest BCUT2D eigenvalue weighted by molar-refractivity contribution is 0.833. The minimum Gasteiger partial charge on any atom is -0.361 e. The minimum atomic E-state index is 1.02. The smallest absolute Gasteiger partial charge is 0.183 e. The van der Waals surface area contributed by atoms with Crippen molar-refractivity contribution in [3.63, 3.8) is 0 Å². The van der Waals surface area contributed by atoms with Crippen LogP contribution in [0.2, 0.25) is 0 Å². The maximum absolute atomic E-state index is 4.59. The van der Waals surface area contributed by atoms with E-state index in [1.165, 1.54) is 23.1 Å². The second-order valence-electron chi connectivity index (χ2n) is 3.72. The molecule has 0 atom stereocenters. The largest absolute Gasteiger partial charge is 0.361 e. The van der Waals surface area contributed by atoms with Crippen LogP contribution in [0.15, 0.2) is 18.2 Å². The van der Waals surface area contributed by atoms with Crippen molar-refractivity contribution in [2.24, 2.45) is 0 Å². The van der Waals surface area contributed by atoms with Crippen molar-refractivity contribution in [3.05, 3.63) is 23.8 Å². The highest BCUT2D eigenvalue weighted by atomic mass is 32.1. The number of rotatable bonds is 4. The fourth-order valence-electron chi connectivity index (χ4n) is 1.53. The Morgan fingerprint density at radius 2 is 2.27 bits per heavy atom. The summed E-state index contributed by atoms with van der Waals surface area (Å²) in [4.78, 5) is 4.59. The molecule has 1 N–H and O–H groups in total. The van der Waals surface area contributed by atoms with Gasteiger partial charge in [0.1, 0.15) is 0 Å². The minimum absolute atomic E-state index is 1.02. The molecule has 0 saturated heterocycles. The number of anilines is 1. The van der Waals surface area contributed by atoms with Gasteiger partial charge in [0.05, 0.1) is 10.2 Å². The number of aryl methyl sites for hydroxylation is 1. The molecule has 0 spiro atoms. The van der Waals surface area contributed by atoms with Crippen LogP contribution in [0.1, 0.15) is 25.3 Å². The molecule has 0 radical (unpaired) electrons. The molecule has 2 nitrogen and oxygen atoms in total. The van der Waals surface area contributed by atoms with E-state index >= 15 is 0 Å². The van der Waals surface area contributed by atoms with E-state index in [0.29, 0.717) is 0 Å². The molecular formula is C12H16N2S. The third-order valence-electron chi connectivity index (χ3n) is 2.43. The molecule has 0 amide bonds. The summed E-state index contributed by atoms with van der Waals surface area (Å²) in [7, 11) is 0. The number of unbranched alkanes of at least 4 members (excludes halogenated alkanes) is 1. The van der Waals surface area contributed by atoms with E-state index in [-0.39, 0.29) is 0 Å². The summed E-state index contributed by atoms with van der Waals surface area (Å²) >= 11 is 1.74. The van der Waals surface area contributed by atoms with Crippen LogP contribution in [-0.2, 0) is 0 Å². The van der Waals surface area contributed by atoms with Gasteiger partial charge in [-0.25, -0.2) is 4.98 Å². The molecule has 15 heavy (non-hydrogen) atoms. The molecule has 2 aromatic rings. The van der Waals surface area contributed by atoms with Crippen LogP contribution in [0.25, 0.3) is 10.2 Å². The summed E-state index contributed by atoms with van der Waals surface area (Å²) in [6.45, 7) is 5.33. The predicted molar refractivity (Wildman–Crippen MR) is 67.8 cm³/mol. The lowest BCUT2D eigenvalue weighted by Gasteiger charge is -1.98. The number of benzene rings is 1. The third-order valence-corrected chi connectivity index (χ3v) is 3.41. The molecule has 0 aliphatic rings. The second kappa shape index (κ2) is 4.62. The molecule has 1 aromatic heterocycles. The van der Waals surface area contributed by atoms with Gasteiger partial charge >= 0.3 is 0 Å². The average molecular weight is 220 g/mol. The molecule has 0 saturated carbocycles. The maximum Gasteiger partial charge on any atom is 0.183 e. The summed E-state index contributed by atoms with van der Waals surface area (Å²) in [6.07, 6.45) is 2.42. The van der Waals surface area contributed by atoms with Gasteiger partial charge in [0.15, 0.2) is 5.13 Å². The Bertz CT molecular complexity index is 448. The number of aromatic nitrogens is 1. The zero-order chi connectivity index (χ0) is 10.7. The molecule has 1 heterocycles. The first-order valence-corrected chi connectivity index (χ1v) is 6.23. The third kappa shape index (κ3) is 2.29. The normalized spacial score (nSPS) is 10.8. The number of fused-ring (bicyclic) bond motifs is 1. The first kappa shape index (κ1) is 10.4. The molecule has 1 aromatic carbocycles. The van der Waals surface area contributed by atoms with E-state index in [2.05, 4.69) is 42.3 Å². The van der Waals surface area contributed by atoms with Crippen molar-refractivity contribution in [1.82, 2.24) is 4.98 Å². The van der Waals surface area contributed by atoms with Gasteiger partial charge in [-0.3, -0.25) is 0 Å². The molecule has 80 valence electrons. The van der Waals surface area contributed by atoms with Crippen LogP contribution in [-0.4, -0.2) is 11.5 Å². The molecular weight excluding hydrogens is 204 g/mol. The maximum atomic E-state index is 4.59. The van der Waals surface area contributed by atoms with Gasteiger partial charge in [0.2, 0.25) is 0 Å². The monoisotopic (exact) mass is 220 g/mol. The predicted octanol–water partition coefficient (Wildman–Crippen LogP) is 3.82. The fourth-order valence-corrected chi connectivity index (χ4v) is 2.50. The van der Waals surface area contributed by atoms with Crippen LogP contribution in [0.5, 0.6) is 0 Å². The quantitative estimate of drug-likeness (QED) is 0.792. The van der Waals surface area contributed by atoms with Crippen LogP contribution in [0.3, 0.4) is 0 Å². The van der Waals surface area contributed by atoms with Crippen LogP contribution < -0.4 is 5.32 Å². The highest BCUT2D eigenvalue weighted by Crippen LogP contribution is 2.27.